The van der Waals surface area contributed by atoms with Crippen LogP contribution in [0.25, 0.3) is 0 Å². The zero-order valence-electron chi connectivity index (χ0n) is 12.3. The van der Waals surface area contributed by atoms with E-state index in [2.05, 4.69) is 10.4 Å². The molecule has 0 fully saturated rings. The van der Waals surface area contributed by atoms with E-state index in [4.69, 9.17) is 27.4 Å². The highest BCUT2D eigenvalue weighted by molar-refractivity contribution is 5.64. The summed E-state index contributed by atoms with van der Waals surface area (Å²) in [6.07, 6.45) is 0.504. The Kier molecular flexibility index (Phi) is 5.08. The first-order chi connectivity index (χ1) is 10.6. The largest absolute Gasteiger partial charge is 0.399 e. The van der Waals surface area contributed by atoms with E-state index in [1.54, 1.807) is 6.07 Å². The predicted octanol–water partition coefficient (Wildman–Crippen LogP) is -0.231. The van der Waals surface area contributed by atoms with E-state index in [0.717, 1.165) is 11.3 Å². The van der Waals surface area contributed by atoms with Crippen LogP contribution in [0.2, 0.25) is 0 Å². The molecule has 9 N–H and O–H groups in total. The van der Waals surface area contributed by atoms with Crippen molar-refractivity contribution in [2.24, 2.45) is 0 Å². The van der Waals surface area contributed by atoms with Crippen LogP contribution >= 0.6 is 0 Å². The molecule has 22 heavy (non-hydrogen) atoms. The summed E-state index contributed by atoms with van der Waals surface area (Å²) in [6, 6.07) is 5.45. The minimum Gasteiger partial charge on any atom is -0.399 e. The molecule has 120 valence electrons. The van der Waals surface area contributed by atoms with Gasteiger partial charge in [0.05, 0.1) is 25.4 Å². The van der Waals surface area contributed by atoms with Crippen LogP contribution in [-0.2, 0) is 19.5 Å². The number of aliphatic hydroxyl groups is 2. The van der Waals surface area contributed by atoms with Crippen molar-refractivity contribution in [3.63, 3.8) is 0 Å². The zero-order chi connectivity index (χ0) is 16.1. The van der Waals surface area contributed by atoms with Gasteiger partial charge in [0, 0.05) is 18.0 Å². The van der Waals surface area contributed by atoms with Crippen LogP contribution in [0.5, 0.6) is 0 Å². The first-order valence-electron chi connectivity index (χ1n) is 7.01. The van der Waals surface area contributed by atoms with Crippen LogP contribution in [0.3, 0.4) is 0 Å². The summed E-state index contributed by atoms with van der Waals surface area (Å²) in [6.45, 7) is 0.666. The maximum atomic E-state index is 9.12. The molecule has 0 radical (unpaired) electrons. The average molecular weight is 306 g/mol. The third-order valence-electron chi connectivity index (χ3n) is 3.37. The molecule has 1 heterocycles. The van der Waals surface area contributed by atoms with Gasteiger partial charge in [-0.2, -0.15) is 5.10 Å². The third kappa shape index (κ3) is 3.41. The second-order valence-electron chi connectivity index (χ2n) is 4.94. The number of hydrogen-bond acceptors (Lipinski definition) is 7. The van der Waals surface area contributed by atoms with Gasteiger partial charge in [0.2, 0.25) is 0 Å². The van der Waals surface area contributed by atoms with Crippen LogP contribution in [0.1, 0.15) is 11.3 Å². The molecule has 0 aliphatic rings. The van der Waals surface area contributed by atoms with Crippen molar-refractivity contribution >= 4 is 22.9 Å². The molecule has 0 bridgehead atoms. The van der Waals surface area contributed by atoms with Gasteiger partial charge in [-0.15, -0.1) is 0 Å². The Morgan fingerprint density at radius 3 is 2.59 bits per heavy atom. The predicted molar refractivity (Wildman–Crippen MR) is 87.1 cm³/mol. The summed E-state index contributed by atoms with van der Waals surface area (Å²) in [5.41, 5.74) is 21.0. The maximum absolute atomic E-state index is 9.12. The summed E-state index contributed by atoms with van der Waals surface area (Å²) in [5.74, 6) is 0.346. The Balaban J connectivity index is 2.15. The number of nitrogens with one attached hydrogen (secondary N) is 1. The minimum absolute atomic E-state index is 0.0400. The molecule has 2 aromatic rings. The smallest absolute Gasteiger partial charge is 0.145 e. The Bertz CT molecular complexity index is 641. The van der Waals surface area contributed by atoms with Gasteiger partial charge in [-0.05, 0) is 30.2 Å². The van der Waals surface area contributed by atoms with Gasteiger partial charge in [-0.1, -0.05) is 0 Å². The van der Waals surface area contributed by atoms with E-state index in [1.807, 2.05) is 12.1 Å². The van der Waals surface area contributed by atoms with Gasteiger partial charge in [0.15, 0.2) is 0 Å². The lowest BCUT2D eigenvalue weighted by atomic mass is 10.1. The van der Waals surface area contributed by atoms with Crippen molar-refractivity contribution < 1.29 is 10.2 Å². The highest BCUT2D eigenvalue weighted by Gasteiger charge is 2.12. The van der Waals surface area contributed by atoms with Crippen LogP contribution < -0.4 is 22.5 Å². The van der Waals surface area contributed by atoms with Crippen LogP contribution in [0.4, 0.5) is 22.9 Å². The van der Waals surface area contributed by atoms with Crippen LogP contribution in [0.15, 0.2) is 18.2 Å². The van der Waals surface area contributed by atoms with Gasteiger partial charge < -0.3 is 32.7 Å². The number of nitrogens with zero attached hydrogens (tertiary/aromatic N) is 2. The second kappa shape index (κ2) is 7.01. The number of rotatable bonds is 7. The SMILES string of the molecule is Nc1ccc(NCc2nn(CCO)c(N)c2N)c(CCO)c1. The lowest BCUT2D eigenvalue weighted by molar-refractivity contribution is 0.270. The Morgan fingerprint density at radius 2 is 1.91 bits per heavy atom. The van der Waals surface area contributed by atoms with Crippen LogP contribution in [0, 0.1) is 0 Å². The van der Waals surface area contributed by atoms with Gasteiger partial charge in [-0.3, -0.25) is 0 Å². The van der Waals surface area contributed by atoms with Crippen molar-refractivity contribution in [3.8, 4) is 0 Å². The van der Waals surface area contributed by atoms with Crippen molar-refractivity contribution in [1.82, 2.24) is 9.78 Å². The van der Waals surface area contributed by atoms with E-state index >= 15 is 0 Å². The van der Waals surface area contributed by atoms with E-state index in [-0.39, 0.29) is 13.2 Å². The van der Waals surface area contributed by atoms with Crippen molar-refractivity contribution in [1.29, 1.82) is 0 Å². The minimum atomic E-state index is -0.0587. The molecule has 0 aliphatic carbocycles. The van der Waals surface area contributed by atoms with Gasteiger partial charge in [0.25, 0.3) is 0 Å². The standard InChI is InChI=1S/C14H22N6O2/c15-10-1-2-11(9(7-10)3-5-21)18-8-12-13(16)14(17)20(19-12)4-6-22/h1-2,7,18,21-22H,3-6,8,15-17H2. The molecule has 8 heteroatoms. The van der Waals surface area contributed by atoms with E-state index in [9.17, 15) is 0 Å². The molecule has 2 rings (SSSR count). The fourth-order valence-electron chi connectivity index (χ4n) is 2.23. The molecule has 0 aliphatic heterocycles. The third-order valence-corrected chi connectivity index (χ3v) is 3.37. The monoisotopic (exact) mass is 306 g/mol. The summed E-state index contributed by atoms with van der Waals surface area (Å²) in [5, 5.41) is 25.6. The van der Waals surface area contributed by atoms with Crippen molar-refractivity contribution in [2.45, 2.75) is 19.5 Å². The Hall–Kier alpha value is -2.45. The molecular weight excluding hydrogens is 284 g/mol. The number of aromatic nitrogens is 2. The topological polar surface area (TPSA) is 148 Å². The highest BCUT2D eigenvalue weighted by Crippen LogP contribution is 2.23. The second-order valence-corrected chi connectivity index (χ2v) is 4.94. The summed E-state index contributed by atoms with van der Waals surface area (Å²) in [7, 11) is 0. The van der Waals surface area contributed by atoms with Gasteiger partial charge in [0.1, 0.15) is 11.5 Å². The summed E-state index contributed by atoms with van der Waals surface area (Å²) in [4.78, 5) is 0. The van der Waals surface area contributed by atoms with Crippen molar-refractivity contribution in [2.75, 3.05) is 35.7 Å². The van der Waals surface area contributed by atoms with Gasteiger partial charge >= 0.3 is 0 Å². The Labute approximate surface area is 128 Å². The highest BCUT2D eigenvalue weighted by atomic mass is 16.3. The number of nitrogens with two attached hydrogens (primary N) is 3. The quantitative estimate of drug-likeness (QED) is 0.387. The molecular formula is C14H22N6O2. The summed E-state index contributed by atoms with van der Waals surface area (Å²) < 4.78 is 1.48. The fraction of sp³-hybridized carbons (Fsp3) is 0.357. The molecule has 0 amide bonds. The first kappa shape index (κ1) is 15.9. The number of aliphatic hydroxyl groups excluding tert-OH is 2. The molecule has 0 saturated carbocycles. The molecule has 0 spiro atoms. The van der Waals surface area contributed by atoms with E-state index < -0.39 is 0 Å². The van der Waals surface area contributed by atoms with Gasteiger partial charge in [-0.25, -0.2) is 4.68 Å². The number of benzene rings is 1. The molecule has 8 nitrogen and oxygen atoms in total. The van der Waals surface area contributed by atoms with Crippen LogP contribution in [-0.4, -0.2) is 33.2 Å². The Morgan fingerprint density at radius 1 is 1.14 bits per heavy atom. The molecule has 0 saturated heterocycles. The molecule has 0 atom stereocenters. The van der Waals surface area contributed by atoms with Crippen molar-refractivity contribution in [3.05, 3.63) is 29.5 Å². The zero-order valence-corrected chi connectivity index (χ0v) is 12.3. The average Bonchev–Trinajstić information content (AvgIpc) is 2.75. The number of nitrogen functional groups attached to an aromatic ring is 3. The lowest BCUT2D eigenvalue weighted by Gasteiger charge is -2.11. The number of hydrogen-bond donors (Lipinski definition) is 6. The normalized spacial score (nSPS) is 10.8. The molecule has 1 aromatic heterocycles. The van der Waals surface area contributed by atoms with E-state index in [1.165, 1.54) is 4.68 Å². The molecule has 0 unspecified atom stereocenters. The molecule has 1 aromatic carbocycles. The maximum Gasteiger partial charge on any atom is 0.145 e. The number of anilines is 4. The van der Waals surface area contributed by atoms with E-state index in [0.29, 0.717) is 42.4 Å². The summed E-state index contributed by atoms with van der Waals surface area (Å²) >= 11 is 0. The first-order valence-corrected chi connectivity index (χ1v) is 7.01. The lowest BCUT2D eigenvalue weighted by Crippen LogP contribution is -2.09. The fourth-order valence-corrected chi connectivity index (χ4v) is 2.23.